The largest absolute Gasteiger partial charge is 0.497 e. The number of aromatic nitrogens is 2. The molecule has 0 amide bonds. The van der Waals surface area contributed by atoms with Gasteiger partial charge >= 0.3 is 0 Å². The van der Waals surface area contributed by atoms with Crippen LogP contribution in [-0.2, 0) is 0 Å². The van der Waals surface area contributed by atoms with Crippen LogP contribution in [0.2, 0.25) is 0 Å². The highest BCUT2D eigenvalue weighted by molar-refractivity contribution is 5.70. The van der Waals surface area contributed by atoms with Gasteiger partial charge in [0.1, 0.15) is 17.9 Å². The molecular weight excluding hydrogens is 262 g/mol. The first-order valence-corrected chi connectivity index (χ1v) is 7.40. The number of rotatable bonds is 6. The Bertz CT molecular complexity index is 596. The van der Waals surface area contributed by atoms with Crippen LogP contribution in [0.1, 0.15) is 38.7 Å². The Kier molecular flexibility index (Phi) is 5.14. The zero-order valence-electron chi connectivity index (χ0n) is 13.2. The van der Waals surface area contributed by atoms with Gasteiger partial charge in [-0.15, -0.1) is 0 Å². The van der Waals surface area contributed by atoms with Gasteiger partial charge in [-0.2, -0.15) is 0 Å². The van der Waals surface area contributed by atoms with Crippen LogP contribution in [0, 0.1) is 0 Å². The maximum Gasteiger partial charge on any atom is 0.133 e. The molecule has 0 spiro atoms. The summed E-state index contributed by atoms with van der Waals surface area (Å²) in [6.45, 7) is 7.39. The summed E-state index contributed by atoms with van der Waals surface area (Å²) in [5, 5.41) is 3.40. The minimum atomic E-state index is 0.340. The van der Waals surface area contributed by atoms with Crippen molar-refractivity contribution in [1.82, 2.24) is 9.97 Å². The van der Waals surface area contributed by atoms with E-state index >= 15 is 0 Å². The van der Waals surface area contributed by atoms with E-state index in [4.69, 9.17) is 4.74 Å². The Morgan fingerprint density at radius 2 is 2.05 bits per heavy atom. The van der Waals surface area contributed by atoms with Crippen molar-refractivity contribution in [2.75, 3.05) is 19.0 Å². The maximum atomic E-state index is 5.31. The number of methoxy groups -OCH3 is 1. The molecule has 0 aliphatic heterocycles. The fourth-order valence-corrected chi connectivity index (χ4v) is 2.33. The molecule has 0 bridgehead atoms. The van der Waals surface area contributed by atoms with Crippen LogP contribution < -0.4 is 10.1 Å². The highest BCUT2D eigenvalue weighted by Gasteiger charge is 2.16. The molecule has 0 saturated carbocycles. The van der Waals surface area contributed by atoms with Crippen LogP contribution in [0.15, 0.2) is 30.6 Å². The summed E-state index contributed by atoms with van der Waals surface area (Å²) in [5.74, 6) is 2.11. The van der Waals surface area contributed by atoms with Gasteiger partial charge < -0.3 is 10.1 Å². The number of anilines is 1. The van der Waals surface area contributed by atoms with Gasteiger partial charge in [0.15, 0.2) is 0 Å². The summed E-state index contributed by atoms with van der Waals surface area (Å²) in [4.78, 5) is 8.92. The third kappa shape index (κ3) is 3.51. The van der Waals surface area contributed by atoms with Gasteiger partial charge in [0, 0.05) is 17.7 Å². The van der Waals surface area contributed by atoms with Crippen molar-refractivity contribution in [1.29, 1.82) is 0 Å². The fraction of sp³-hybridized carbons (Fsp3) is 0.412. The van der Waals surface area contributed by atoms with E-state index in [1.54, 1.807) is 13.4 Å². The molecule has 4 nitrogen and oxygen atoms in total. The number of nitrogens with one attached hydrogen (secondary N) is 1. The first-order chi connectivity index (χ1) is 10.2. The third-order valence-electron chi connectivity index (χ3n) is 3.35. The first-order valence-electron chi connectivity index (χ1n) is 7.40. The molecule has 0 aliphatic carbocycles. The van der Waals surface area contributed by atoms with Crippen LogP contribution in [0.25, 0.3) is 11.3 Å². The van der Waals surface area contributed by atoms with Crippen molar-refractivity contribution in [3.05, 3.63) is 36.2 Å². The average molecular weight is 285 g/mol. The zero-order valence-corrected chi connectivity index (χ0v) is 13.2. The highest BCUT2D eigenvalue weighted by Crippen LogP contribution is 2.33. The summed E-state index contributed by atoms with van der Waals surface area (Å²) in [5.41, 5.74) is 3.18. The topological polar surface area (TPSA) is 47.0 Å². The van der Waals surface area contributed by atoms with E-state index in [2.05, 4.69) is 42.1 Å². The summed E-state index contributed by atoms with van der Waals surface area (Å²) in [6.07, 6.45) is 2.69. The van der Waals surface area contributed by atoms with Crippen molar-refractivity contribution in [3.63, 3.8) is 0 Å². The normalized spacial score (nSPS) is 10.7. The predicted molar refractivity (Wildman–Crippen MR) is 86.9 cm³/mol. The molecule has 0 fully saturated rings. The molecule has 1 heterocycles. The molecular formula is C17H23N3O. The van der Waals surface area contributed by atoms with E-state index in [9.17, 15) is 0 Å². The van der Waals surface area contributed by atoms with E-state index in [-0.39, 0.29) is 0 Å². The summed E-state index contributed by atoms with van der Waals surface area (Å²) in [7, 11) is 1.68. The van der Waals surface area contributed by atoms with Crippen molar-refractivity contribution in [2.24, 2.45) is 0 Å². The lowest BCUT2D eigenvalue weighted by atomic mass is 9.97. The summed E-state index contributed by atoms with van der Waals surface area (Å²) in [6, 6.07) is 7.99. The van der Waals surface area contributed by atoms with Gasteiger partial charge in [-0.3, -0.25) is 0 Å². The number of benzene rings is 1. The van der Waals surface area contributed by atoms with Gasteiger partial charge in [-0.1, -0.05) is 32.9 Å². The molecule has 1 aromatic heterocycles. The first kappa shape index (κ1) is 15.3. The molecule has 4 heteroatoms. The lowest BCUT2D eigenvalue weighted by Crippen LogP contribution is -2.08. The Labute approximate surface area is 126 Å². The van der Waals surface area contributed by atoms with Crippen LogP contribution in [0.5, 0.6) is 5.75 Å². The Morgan fingerprint density at radius 3 is 2.71 bits per heavy atom. The molecule has 0 saturated heterocycles. The third-order valence-corrected chi connectivity index (χ3v) is 3.35. The molecule has 0 unspecified atom stereocenters. The van der Waals surface area contributed by atoms with Crippen LogP contribution in [0.3, 0.4) is 0 Å². The smallest absolute Gasteiger partial charge is 0.133 e. The lowest BCUT2D eigenvalue weighted by Gasteiger charge is -2.17. The van der Waals surface area contributed by atoms with E-state index in [0.29, 0.717) is 5.92 Å². The molecule has 112 valence electrons. The van der Waals surface area contributed by atoms with Crippen molar-refractivity contribution < 1.29 is 4.74 Å². The maximum absolute atomic E-state index is 5.31. The summed E-state index contributed by atoms with van der Waals surface area (Å²) >= 11 is 0. The standard InChI is InChI=1S/C17H23N3O/c1-5-9-18-17-15(12(2)3)16(19-11-20-17)13-7-6-8-14(10-13)21-4/h6-8,10-12H,5,9H2,1-4H3,(H,18,19,20). The fourth-order valence-electron chi connectivity index (χ4n) is 2.33. The van der Waals surface area contributed by atoms with Crippen LogP contribution >= 0.6 is 0 Å². The summed E-state index contributed by atoms with van der Waals surface area (Å²) < 4.78 is 5.31. The molecule has 0 atom stereocenters. The highest BCUT2D eigenvalue weighted by atomic mass is 16.5. The Hall–Kier alpha value is -2.10. The van der Waals surface area contributed by atoms with E-state index in [0.717, 1.165) is 41.4 Å². The number of nitrogens with zero attached hydrogens (tertiary/aromatic N) is 2. The van der Waals surface area contributed by atoms with Crippen LogP contribution in [-0.4, -0.2) is 23.6 Å². The van der Waals surface area contributed by atoms with Gasteiger partial charge in [0.25, 0.3) is 0 Å². The Morgan fingerprint density at radius 1 is 1.24 bits per heavy atom. The van der Waals surface area contributed by atoms with E-state index < -0.39 is 0 Å². The second-order valence-electron chi connectivity index (χ2n) is 5.30. The second kappa shape index (κ2) is 7.07. The minimum Gasteiger partial charge on any atom is -0.497 e. The van der Waals surface area contributed by atoms with Gasteiger partial charge in [-0.05, 0) is 24.5 Å². The van der Waals surface area contributed by atoms with Gasteiger partial charge in [0.2, 0.25) is 0 Å². The molecule has 1 aromatic carbocycles. The van der Waals surface area contributed by atoms with Crippen molar-refractivity contribution in [3.8, 4) is 17.0 Å². The lowest BCUT2D eigenvalue weighted by molar-refractivity contribution is 0.415. The second-order valence-corrected chi connectivity index (χ2v) is 5.30. The molecule has 0 aliphatic rings. The molecule has 0 radical (unpaired) electrons. The van der Waals surface area contributed by atoms with Gasteiger partial charge in [0.05, 0.1) is 12.8 Å². The molecule has 1 N–H and O–H groups in total. The number of hydrogen-bond donors (Lipinski definition) is 1. The quantitative estimate of drug-likeness (QED) is 0.868. The minimum absolute atomic E-state index is 0.340. The molecule has 2 aromatic rings. The predicted octanol–water partition coefficient (Wildman–Crippen LogP) is 4.10. The SMILES string of the molecule is CCCNc1ncnc(-c2cccc(OC)c2)c1C(C)C. The number of ether oxygens (including phenoxy) is 1. The molecule has 2 rings (SSSR count). The zero-order chi connectivity index (χ0) is 15.2. The van der Waals surface area contributed by atoms with Crippen LogP contribution in [0.4, 0.5) is 5.82 Å². The Balaban J connectivity index is 2.51. The van der Waals surface area contributed by atoms with E-state index in [1.165, 1.54) is 0 Å². The monoisotopic (exact) mass is 285 g/mol. The van der Waals surface area contributed by atoms with Crippen molar-refractivity contribution in [2.45, 2.75) is 33.1 Å². The van der Waals surface area contributed by atoms with E-state index in [1.807, 2.05) is 18.2 Å². The number of hydrogen-bond acceptors (Lipinski definition) is 4. The molecule has 21 heavy (non-hydrogen) atoms. The van der Waals surface area contributed by atoms with Gasteiger partial charge in [-0.25, -0.2) is 9.97 Å². The average Bonchev–Trinajstić information content (AvgIpc) is 2.52. The van der Waals surface area contributed by atoms with Crippen molar-refractivity contribution >= 4 is 5.82 Å².